The molecule has 0 amide bonds. The lowest BCUT2D eigenvalue weighted by atomic mass is 9.63. The van der Waals surface area contributed by atoms with Crippen LogP contribution in [0.1, 0.15) is 24.0 Å². The third-order valence-corrected chi connectivity index (χ3v) is 4.10. The van der Waals surface area contributed by atoms with Crippen molar-refractivity contribution >= 4 is 0 Å². The van der Waals surface area contributed by atoms with Crippen molar-refractivity contribution in [2.75, 3.05) is 13.1 Å². The maximum atomic E-state index is 12.8. The number of halogens is 6. The topological polar surface area (TPSA) is 34.1 Å². The van der Waals surface area contributed by atoms with Gasteiger partial charge in [0.15, 0.2) is 0 Å². The number of hydrogen-bond acceptors (Lipinski definition) is 3. The molecule has 3 rings (SSSR count). The Morgan fingerprint density at radius 3 is 2.09 bits per heavy atom. The molecule has 1 aliphatic carbocycles. The standard InChI is InChI=1S/C13H12F6N2O/c14-12(15,16)8-1-10(21-4-9(8)13(17,18)19)22-7-2-11(3-7)5-20-6-11/h1,4,7,20H,2-3,5-6H2. The molecule has 0 bridgehead atoms. The Kier molecular flexibility index (Phi) is 3.32. The summed E-state index contributed by atoms with van der Waals surface area (Å²) >= 11 is 0. The molecule has 1 saturated heterocycles. The van der Waals surface area contributed by atoms with E-state index in [-0.39, 0.29) is 17.7 Å². The molecule has 0 atom stereocenters. The number of aromatic nitrogens is 1. The van der Waals surface area contributed by atoms with E-state index in [0.717, 1.165) is 13.1 Å². The van der Waals surface area contributed by atoms with Crippen molar-refractivity contribution in [2.24, 2.45) is 5.41 Å². The lowest BCUT2D eigenvalue weighted by Gasteiger charge is -2.53. The van der Waals surface area contributed by atoms with Crippen molar-refractivity contribution in [1.82, 2.24) is 10.3 Å². The minimum Gasteiger partial charge on any atom is -0.474 e. The summed E-state index contributed by atoms with van der Waals surface area (Å²) in [6.07, 6.45) is -9.02. The van der Waals surface area contributed by atoms with Crippen LogP contribution in [0.4, 0.5) is 26.3 Å². The Morgan fingerprint density at radius 2 is 1.64 bits per heavy atom. The van der Waals surface area contributed by atoms with Crippen LogP contribution in [0.2, 0.25) is 0 Å². The van der Waals surface area contributed by atoms with E-state index in [2.05, 4.69) is 10.3 Å². The second kappa shape index (κ2) is 4.74. The van der Waals surface area contributed by atoms with E-state index in [4.69, 9.17) is 4.74 Å². The molecule has 2 fully saturated rings. The second-order valence-electron chi connectivity index (χ2n) is 5.82. The van der Waals surface area contributed by atoms with Gasteiger partial charge in [0, 0.05) is 30.8 Å². The zero-order chi connectivity index (χ0) is 16.2. The van der Waals surface area contributed by atoms with Gasteiger partial charge in [0.2, 0.25) is 5.88 Å². The molecule has 9 heteroatoms. The molecule has 1 saturated carbocycles. The number of ether oxygens (including phenoxy) is 1. The van der Waals surface area contributed by atoms with Crippen LogP contribution in [0.5, 0.6) is 5.88 Å². The van der Waals surface area contributed by atoms with Gasteiger partial charge in [0.25, 0.3) is 0 Å². The SMILES string of the molecule is FC(F)(F)c1cnc(OC2CC3(CNC3)C2)cc1C(F)(F)F. The third kappa shape index (κ3) is 2.73. The van der Waals surface area contributed by atoms with Gasteiger partial charge < -0.3 is 10.1 Å². The van der Waals surface area contributed by atoms with Gasteiger partial charge in [-0.2, -0.15) is 26.3 Å². The number of hydrogen-bond donors (Lipinski definition) is 1. The molecule has 1 N–H and O–H groups in total. The number of alkyl halides is 6. The van der Waals surface area contributed by atoms with Crippen molar-refractivity contribution in [3.05, 3.63) is 23.4 Å². The molecule has 1 aromatic heterocycles. The maximum absolute atomic E-state index is 12.8. The van der Waals surface area contributed by atoms with Crippen LogP contribution in [0.3, 0.4) is 0 Å². The highest BCUT2D eigenvalue weighted by atomic mass is 19.4. The van der Waals surface area contributed by atoms with Crippen molar-refractivity contribution in [1.29, 1.82) is 0 Å². The fourth-order valence-corrected chi connectivity index (χ4v) is 2.89. The minimum absolute atomic E-state index is 0.142. The van der Waals surface area contributed by atoms with Crippen molar-refractivity contribution < 1.29 is 31.1 Å². The van der Waals surface area contributed by atoms with E-state index in [1.807, 2.05) is 0 Å². The highest BCUT2D eigenvalue weighted by Gasteiger charge is 2.50. The average Bonchev–Trinajstić information content (AvgIpc) is 2.28. The molecular formula is C13H12F6N2O. The molecule has 0 aromatic carbocycles. The summed E-state index contributed by atoms with van der Waals surface area (Å²) in [6, 6.07) is 0.326. The third-order valence-electron chi connectivity index (χ3n) is 4.10. The van der Waals surface area contributed by atoms with E-state index >= 15 is 0 Å². The lowest BCUT2D eigenvalue weighted by Crippen LogP contribution is -2.62. The summed E-state index contributed by atoms with van der Waals surface area (Å²) in [5, 5.41) is 3.10. The molecule has 0 radical (unpaired) electrons. The largest absolute Gasteiger partial charge is 0.474 e. The van der Waals surface area contributed by atoms with Crippen molar-refractivity contribution in [3.63, 3.8) is 0 Å². The van der Waals surface area contributed by atoms with Gasteiger partial charge in [-0.15, -0.1) is 0 Å². The van der Waals surface area contributed by atoms with E-state index in [1.54, 1.807) is 0 Å². The summed E-state index contributed by atoms with van der Waals surface area (Å²) < 4.78 is 81.5. The molecule has 1 spiro atoms. The van der Waals surface area contributed by atoms with Crippen LogP contribution >= 0.6 is 0 Å². The van der Waals surface area contributed by atoms with Crippen LogP contribution in [0.15, 0.2) is 12.3 Å². The van der Waals surface area contributed by atoms with Gasteiger partial charge in [-0.25, -0.2) is 4.98 Å². The monoisotopic (exact) mass is 326 g/mol. The van der Waals surface area contributed by atoms with Gasteiger partial charge in [-0.3, -0.25) is 0 Å². The minimum atomic E-state index is -5.12. The van der Waals surface area contributed by atoms with Gasteiger partial charge in [-0.1, -0.05) is 0 Å². The van der Waals surface area contributed by atoms with Crippen LogP contribution in [0, 0.1) is 5.41 Å². The predicted octanol–water partition coefficient (Wildman–Crippen LogP) is 3.25. The number of nitrogens with one attached hydrogen (secondary N) is 1. The molecule has 2 heterocycles. The second-order valence-corrected chi connectivity index (χ2v) is 5.82. The van der Waals surface area contributed by atoms with Crippen LogP contribution < -0.4 is 10.1 Å². The molecule has 22 heavy (non-hydrogen) atoms. The Balaban J connectivity index is 1.78. The van der Waals surface area contributed by atoms with Crippen molar-refractivity contribution in [2.45, 2.75) is 31.3 Å². The fourth-order valence-electron chi connectivity index (χ4n) is 2.89. The number of nitrogens with zero attached hydrogens (tertiary/aromatic N) is 1. The highest BCUT2D eigenvalue weighted by molar-refractivity contribution is 5.34. The van der Waals surface area contributed by atoms with E-state index in [9.17, 15) is 26.3 Å². The van der Waals surface area contributed by atoms with E-state index in [1.165, 1.54) is 0 Å². The molecular weight excluding hydrogens is 314 g/mol. The van der Waals surface area contributed by atoms with E-state index < -0.39 is 29.4 Å². The number of pyridine rings is 1. The van der Waals surface area contributed by atoms with E-state index in [0.29, 0.717) is 18.9 Å². The molecule has 122 valence electrons. The first-order valence-electron chi connectivity index (χ1n) is 6.61. The van der Waals surface area contributed by atoms with Gasteiger partial charge in [0.1, 0.15) is 6.10 Å². The van der Waals surface area contributed by atoms with Crippen LogP contribution in [-0.4, -0.2) is 24.2 Å². The summed E-state index contributed by atoms with van der Waals surface area (Å²) in [5.41, 5.74) is -3.44. The maximum Gasteiger partial charge on any atom is 0.418 e. The molecule has 3 nitrogen and oxygen atoms in total. The lowest BCUT2D eigenvalue weighted by molar-refractivity contribution is -0.162. The first-order valence-corrected chi connectivity index (χ1v) is 6.61. The van der Waals surface area contributed by atoms with Gasteiger partial charge in [0.05, 0.1) is 11.1 Å². The molecule has 1 aliphatic heterocycles. The van der Waals surface area contributed by atoms with Crippen LogP contribution in [-0.2, 0) is 12.4 Å². The summed E-state index contributed by atoms with van der Waals surface area (Å²) in [6.45, 7) is 1.67. The first kappa shape index (κ1) is 15.4. The Bertz CT molecular complexity index is 571. The van der Waals surface area contributed by atoms with Crippen LogP contribution in [0.25, 0.3) is 0 Å². The normalized spacial score (nSPS) is 21.4. The zero-order valence-electron chi connectivity index (χ0n) is 11.2. The number of rotatable bonds is 2. The van der Waals surface area contributed by atoms with Gasteiger partial charge >= 0.3 is 12.4 Å². The highest BCUT2D eigenvalue weighted by Crippen LogP contribution is 2.46. The Labute approximate surface area is 121 Å². The Morgan fingerprint density at radius 1 is 1.05 bits per heavy atom. The average molecular weight is 326 g/mol. The predicted molar refractivity (Wildman–Crippen MR) is 63.2 cm³/mol. The molecule has 1 aromatic rings. The first-order chi connectivity index (χ1) is 10.1. The quantitative estimate of drug-likeness (QED) is 0.847. The van der Waals surface area contributed by atoms with Crippen molar-refractivity contribution in [3.8, 4) is 5.88 Å². The summed E-state index contributed by atoms with van der Waals surface area (Å²) in [5.74, 6) is -0.424. The zero-order valence-corrected chi connectivity index (χ0v) is 11.2. The Hall–Kier alpha value is -1.51. The fraction of sp³-hybridized carbons (Fsp3) is 0.615. The van der Waals surface area contributed by atoms with Gasteiger partial charge in [-0.05, 0) is 12.8 Å². The summed E-state index contributed by atoms with van der Waals surface area (Å²) in [4.78, 5) is 3.37. The molecule has 2 aliphatic rings. The smallest absolute Gasteiger partial charge is 0.418 e. The molecule has 0 unspecified atom stereocenters. The summed E-state index contributed by atoms with van der Waals surface area (Å²) in [7, 11) is 0.